The van der Waals surface area contributed by atoms with Crippen LogP contribution in [-0.2, 0) is 0 Å². The van der Waals surface area contributed by atoms with Crippen LogP contribution in [0.15, 0.2) is 24.1 Å². The molecule has 0 bridgehead atoms. The Bertz CT molecular complexity index is 309. The zero-order chi connectivity index (χ0) is 10.1. The molecule has 0 atom stereocenters. The van der Waals surface area contributed by atoms with E-state index in [1.807, 2.05) is 0 Å². The first-order valence-corrected chi connectivity index (χ1v) is 3.33. The molecule has 0 heterocycles. The molecule has 0 aromatic heterocycles. The number of hydrogen-bond donors (Lipinski definition) is 0. The van der Waals surface area contributed by atoms with Crippen LogP contribution in [0.2, 0.25) is 0 Å². The van der Waals surface area contributed by atoms with Gasteiger partial charge in [0.05, 0.1) is 0 Å². The van der Waals surface area contributed by atoms with Gasteiger partial charge < -0.3 is 0 Å². The maximum Gasteiger partial charge on any atom is 0.484 e. The fraction of sp³-hybridized carbons (Fsp3) is 0.333. The maximum absolute atomic E-state index is 12.6. The van der Waals surface area contributed by atoms with E-state index in [0.717, 1.165) is 12.2 Å². The van der Waals surface area contributed by atoms with Crippen molar-refractivity contribution in [2.24, 2.45) is 0 Å². The molecular weight excluding hydrogens is 183 g/mol. The largest absolute Gasteiger partial charge is 0.484 e. The van der Waals surface area contributed by atoms with Crippen molar-refractivity contribution in [1.82, 2.24) is 0 Å². The van der Waals surface area contributed by atoms with Gasteiger partial charge >= 0.3 is 5.66 Å². The quantitative estimate of drug-likeness (QED) is 0.368. The summed E-state index contributed by atoms with van der Waals surface area (Å²) < 4.78 is 12.6. The zero-order valence-corrected chi connectivity index (χ0v) is 6.34. The molecule has 0 aromatic rings. The first-order chi connectivity index (χ1) is 5.99. The van der Waals surface area contributed by atoms with Gasteiger partial charge in [-0.25, -0.2) is 4.39 Å². The molecule has 0 saturated carbocycles. The van der Waals surface area contributed by atoms with Crippen molar-refractivity contribution in [2.45, 2.75) is 12.1 Å². The van der Waals surface area contributed by atoms with E-state index in [9.17, 15) is 24.6 Å². The predicted octanol–water partition coefficient (Wildman–Crippen LogP) is 1.05. The summed E-state index contributed by atoms with van der Waals surface area (Å²) in [6, 6.07) is 0. The summed E-state index contributed by atoms with van der Waals surface area (Å²) in [5.74, 6) is -0.959. The summed E-state index contributed by atoms with van der Waals surface area (Å²) >= 11 is 0. The van der Waals surface area contributed by atoms with Gasteiger partial charge in [0.15, 0.2) is 0 Å². The Balaban J connectivity index is 3.15. The standard InChI is InChI=1S/C6H5FN2O4/c7-5-2-1-3-6(4-5,8(10)11)9(12)13/h1-2,4H,3H2. The van der Waals surface area contributed by atoms with Crippen molar-refractivity contribution >= 4 is 0 Å². The van der Waals surface area contributed by atoms with Crippen molar-refractivity contribution in [1.29, 1.82) is 0 Å². The van der Waals surface area contributed by atoms with E-state index in [0.29, 0.717) is 6.08 Å². The van der Waals surface area contributed by atoms with Gasteiger partial charge in [-0.2, -0.15) is 0 Å². The van der Waals surface area contributed by atoms with Crippen molar-refractivity contribution < 1.29 is 14.2 Å². The molecule has 0 aromatic carbocycles. The Labute approximate surface area is 71.7 Å². The lowest BCUT2D eigenvalue weighted by molar-refractivity contribution is -0.780. The normalized spacial score (nSPS) is 19.3. The summed E-state index contributed by atoms with van der Waals surface area (Å²) in [6.07, 6.45) is 2.01. The van der Waals surface area contributed by atoms with E-state index in [1.54, 1.807) is 0 Å². The molecule has 13 heavy (non-hydrogen) atoms. The van der Waals surface area contributed by atoms with E-state index in [-0.39, 0.29) is 0 Å². The number of allylic oxidation sites excluding steroid dienone is 2. The molecule has 0 radical (unpaired) electrons. The second kappa shape index (κ2) is 2.92. The molecule has 0 spiro atoms. The minimum atomic E-state index is -2.53. The molecule has 0 amide bonds. The van der Waals surface area contributed by atoms with Crippen LogP contribution < -0.4 is 0 Å². The van der Waals surface area contributed by atoms with E-state index >= 15 is 0 Å². The van der Waals surface area contributed by atoms with Crippen LogP contribution in [0.4, 0.5) is 4.39 Å². The second-order valence-electron chi connectivity index (χ2n) is 2.53. The Morgan fingerprint density at radius 1 is 1.38 bits per heavy atom. The van der Waals surface area contributed by atoms with Gasteiger partial charge in [-0.05, 0) is 6.08 Å². The molecule has 0 saturated heterocycles. The lowest BCUT2D eigenvalue weighted by Crippen LogP contribution is -2.44. The molecule has 6 nitrogen and oxygen atoms in total. The second-order valence-corrected chi connectivity index (χ2v) is 2.53. The number of halogens is 1. The summed E-state index contributed by atoms with van der Waals surface area (Å²) in [6.45, 7) is 0. The molecule has 70 valence electrons. The molecule has 0 aliphatic heterocycles. The summed E-state index contributed by atoms with van der Waals surface area (Å²) in [7, 11) is 0. The first-order valence-electron chi connectivity index (χ1n) is 3.33. The van der Waals surface area contributed by atoms with Crippen LogP contribution in [0.25, 0.3) is 0 Å². The highest BCUT2D eigenvalue weighted by molar-refractivity contribution is 5.20. The number of nitro groups is 2. The van der Waals surface area contributed by atoms with Gasteiger partial charge in [0, 0.05) is 0 Å². The predicted molar refractivity (Wildman–Crippen MR) is 39.7 cm³/mol. The third-order valence-corrected chi connectivity index (χ3v) is 1.70. The van der Waals surface area contributed by atoms with Crippen LogP contribution in [0.3, 0.4) is 0 Å². The lowest BCUT2D eigenvalue weighted by Gasteiger charge is -2.13. The molecular formula is C6H5FN2O4. The van der Waals surface area contributed by atoms with Crippen LogP contribution in [0, 0.1) is 20.2 Å². The average Bonchev–Trinajstić information content (AvgIpc) is 2.03. The highest BCUT2D eigenvalue weighted by atomic mass is 19.1. The fourth-order valence-electron chi connectivity index (χ4n) is 0.994. The molecule has 7 heteroatoms. The molecule has 1 aliphatic rings. The smallest absolute Gasteiger partial charge is 0.258 e. The Morgan fingerprint density at radius 3 is 2.23 bits per heavy atom. The minimum absolute atomic E-state index is 0.410. The van der Waals surface area contributed by atoms with Gasteiger partial charge in [0.2, 0.25) is 0 Å². The van der Waals surface area contributed by atoms with Crippen LogP contribution in [-0.4, -0.2) is 15.5 Å². The van der Waals surface area contributed by atoms with E-state index in [4.69, 9.17) is 0 Å². The zero-order valence-electron chi connectivity index (χ0n) is 6.34. The highest BCUT2D eigenvalue weighted by Gasteiger charge is 2.54. The van der Waals surface area contributed by atoms with Gasteiger partial charge in [0.25, 0.3) is 0 Å². The summed E-state index contributed by atoms with van der Waals surface area (Å²) in [4.78, 5) is 18.6. The Hall–Kier alpha value is -1.79. The molecule has 1 aliphatic carbocycles. The molecule has 0 N–H and O–H groups in total. The van der Waals surface area contributed by atoms with Gasteiger partial charge in [0.1, 0.15) is 28.2 Å². The topological polar surface area (TPSA) is 86.3 Å². The van der Waals surface area contributed by atoms with Crippen molar-refractivity contribution in [3.8, 4) is 0 Å². The van der Waals surface area contributed by atoms with Gasteiger partial charge in [-0.3, -0.25) is 20.2 Å². The van der Waals surface area contributed by atoms with E-state index < -0.39 is 27.8 Å². The van der Waals surface area contributed by atoms with E-state index in [2.05, 4.69) is 0 Å². The molecule has 0 unspecified atom stereocenters. The molecule has 1 rings (SSSR count). The third kappa shape index (κ3) is 1.40. The summed E-state index contributed by atoms with van der Waals surface area (Å²) in [5, 5.41) is 20.8. The molecule has 0 fully saturated rings. The monoisotopic (exact) mass is 188 g/mol. The van der Waals surface area contributed by atoms with Crippen molar-refractivity contribution in [3.05, 3.63) is 44.3 Å². The SMILES string of the molecule is O=[N+]([O-])C1([N+](=O)[O-])C=C(F)C=CC1. The van der Waals surface area contributed by atoms with E-state index in [1.165, 1.54) is 0 Å². The number of hydrogen-bond acceptors (Lipinski definition) is 4. The van der Waals surface area contributed by atoms with Gasteiger partial charge in [-0.15, -0.1) is 0 Å². The lowest BCUT2D eigenvalue weighted by atomic mass is 10.0. The summed E-state index contributed by atoms with van der Waals surface area (Å²) in [5.41, 5.74) is -2.53. The van der Waals surface area contributed by atoms with Crippen LogP contribution >= 0.6 is 0 Å². The first kappa shape index (κ1) is 9.30. The van der Waals surface area contributed by atoms with Crippen molar-refractivity contribution in [3.63, 3.8) is 0 Å². The average molecular weight is 188 g/mol. The van der Waals surface area contributed by atoms with Crippen molar-refractivity contribution in [2.75, 3.05) is 0 Å². The number of nitrogens with zero attached hydrogens (tertiary/aromatic N) is 2. The van der Waals surface area contributed by atoms with Gasteiger partial charge in [-0.1, -0.05) is 6.08 Å². The number of rotatable bonds is 2. The fourth-order valence-corrected chi connectivity index (χ4v) is 0.994. The van der Waals surface area contributed by atoms with Crippen LogP contribution in [0.5, 0.6) is 0 Å². The maximum atomic E-state index is 12.6. The Morgan fingerprint density at radius 2 is 1.92 bits per heavy atom. The van der Waals surface area contributed by atoms with Crippen LogP contribution in [0.1, 0.15) is 6.42 Å². The Kier molecular flexibility index (Phi) is 2.09. The third-order valence-electron chi connectivity index (χ3n) is 1.70. The highest BCUT2D eigenvalue weighted by Crippen LogP contribution is 2.25. The minimum Gasteiger partial charge on any atom is -0.258 e.